The largest absolute Gasteiger partial charge is 0.512 e. The molecular weight excluding hydrogens is 1870 g/mol. The first-order valence-electron chi connectivity index (χ1n) is 35.7. The minimum absolute atomic E-state index is 0. The third kappa shape index (κ3) is 33.1. The number of Topliss-reactive ketones (excluding diaryl/α,β-unsaturated/α-hetero) is 5. The molecule has 12 aromatic rings. The first kappa shape index (κ1) is 99.3. The van der Waals surface area contributed by atoms with Crippen molar-refractivity contribution in [2.45, 2.75) is 73.4 Å². The standard InChI is InChI=1S/C20H20N4O3S.C12H12N4O4S.C12H10N4OS.C11H9BrN4O3S.C11H10BrN3O2S.C11H10N4O3S.H2O/c1-13(25)12-28-19-10-18(22-23-19)15-7-16(9-17(8-15)24-27)20(26)21-11-14-5-3-2-4-6-14;1-7(17)6-21-12-13-11(14-15-12)8-3-4-10(20-2)9(5-8)16(18)19;1-8(17)7-18-12-14-11(15-16-12)10-4-2-3-9(5-10)6-13;1-6(17)5-20-11-13-10(14-15-11)7-2-8(12)4-9(3-7)16(18)19;1-6(16)5-18-11-13-10(14-15-11)8-4-7(12)2-3-9(8)17;1-7(16)6-19-11-12-10(13-14-11)8-3-2-4-9(5-8)15(17)18;/h2-9,24-25,27H,1,10-12H2,(H,21,26);3-5H,6H2,1-2H3,(H,13,14,15);2-5H,7H2,1H3,(H,14,15,16);2-4H,5H2,1H3,(H,13,14,15);2-4,17H,5H2,1H3,(H,13,14,15);2-5H,6H2,1H3,(H,12,13,14);1H2/p+1. The number of amides is 1. The van der Waals surface area contributed by atoms with Gasteiger partial charge in [0.05, 0.1) is 85.1 Å². The smallest absolute Gasteiger partial charge is 0.311 e. The molecule has 0 atom stereocenters. The van der Waals surface area contributed by atoms with Crippen LogP contribution in [0.15, 0.2) is 209 Å². The molecule has 0 unspecified atom stereocenters. The summed E-state index contributed by atoms with van der Waals surface area (Å²) in [5, 5.41) is 117. The highest BCUT2D eigenvalue weighted by atomic mass is 79.9. The number of ketones is 5. The molecule has 48 heteroatoms. The molecule has 0 bridgehead atoms. The van der Waals surface area contributed by atoms with E-state index in [0.29, 0.717) is 140 Å². The van der Waals surface area contributed by atoms with Crippen LogP contribution >= 0.6 is 102 Å². The maximum absolute atomic E-state index is 12.6. The summed E-state index contributed by atoms with van der Waals surface area (Å²) in [7, 11) is 1.37. The number of aromatic hydroxyl groups is 1. The summed E-state index contributed by atoms with van der Waals surface area (Å²) in [6.07, 6.45) is 0.498. The molecule has 0 radical (unpaired) electrons. The van der Waals surface area contributed by atoms with E-state index in [4.69, 9.17) is 10.00 Å². The van der Waals surface area contributed by atoms with Crippen molar-refractivity contribution in [1.82, 2.24) is 81.2 Å². The van der Waals surface area contributed by atoms with Crippen LogP contribution in [-0.2, 0) is 30.5 Å². The number of nitro groups is 3. The van der Waals surface area contributed by atoms with Crippen LogP contribution in [0.4, 0.5) is 22.7 Å². The lowest BCUT2D eigenvalue weighted by atomic mass is 10.0. The Morgan fingerprint density at radius 1 is 0.528 bits per heavy atom. The highest BCUT2D eigenvalue weighted by molar-refractivity contribution is 9.10. The third-order valence-corrected chi connectivity index (χ3v) is 22.1. The van der Waals surface area contributed by atoms with Crippen LogP contribution in [0.5, 0.6) is 11.5 Å². The second-order valence-corrected chi connectivity index (χ2v) is 32.9. The molecule has 0 saturated heterocycles. The number of hydrogen-bond acceptors (Lipinski definition) is 35. The number of non-ortho nitro benzene ring substituents is 2. The number of rotatable bonds is 31. The molecule has 5 aromatic heterocycles. The number of quaternary nitrogens is 1. The monoisotopic (exact) mass is 1940 g/mol. The SMILES string of the molecule is C=C(O)CSC1=NN=C(c2cc([NH2+]O)cc(C(=O)NCc3ccccc3)c2)C1.CC(=O)CSc1n[nH]c(-c2cc(Br)cc([N+](=O)[O-])c2)n1.CC(=O)CSc1n[nH]c(-c2cc(Br)ccc2O)n1.CC(=O)CSc1n[nH]c(-c2cccc(C#N)c2)n1.CC(=O)CSc1n[nH]c(-c2cccc([N+](=O)[O-])c2)n1.COc1ccc(-c2nc(SCC(C)=O)n[nH]2)cc1[N+](=O)[O-].O. The van der Waals surface area contributed by atoms with Crippen LogP contribution in [0.25, 0.3) is 56.9 Å². The molecule has 13 N–H and O–H groups in total. The molecule has 125 heavy (non-hydrogen) atoms. The molecule has 7 aromatic carbocycles. The minimum atomic E-state index is -0.524. The number of phenols is 1. The van der Waals surface area contributed by atoms with Gasteiger partial charge in [-0.05, 0) is 94.8 Å². The Bertz CT molecular complexity index is 5970. The highest BCUT2D eigenvalue weighted by Gasteiger charge is 2.23. The number of hydrogen-bond donors (Lipinski definition) is 10. The average molecular weight is 1950 g/mol. The summed E-state index contributed by atoms with van der Waals surface area (Å²) in [4.78, 5) is 119. The van der Waals surface area contributed by atoms with Gasteiger partial charge in [0.2, 0.25) is 25.8 Å². The number of aliphatic hydroxyl groups excluding tert-OH is 1. The third-order valence-electron chi connectivity index (χ3n) is 15.2. The Labute approximate surface area is 751 Å². The number of nitrogens with two attached hydrogens (primary N) is 1. The van der Waals surface area contributed by atoms with Crippen molar-refractivity contribution in [3.63, 3.8) is 0 Å². The maximum Gasteiger partial charge on any atom is 0.311 e. The predicted molar refractivity (Wildman–Crippen MR) is 478 cm³/mol. The van der Waals surface area contributed by atoms with Gasteiger partial charge in [-0.15, -0.1) is 42.4 Å². The fourth-order valence-electron chi connectivity index (χ4n) is 9.66. The van der Waals surface area contributed by atoms with Gasteiger partial charge in [0, 0.05) is 97.8 Å². The van der Waals surface area contributed by atoms with Gasteiger partial charge >= 0.3 is 5.69 Å². The van der Waals surface area contributed by atoms with Gasteiger partial charge in [-0.25, -0.2) is 30.1 Å². The number of aliphatic hydroxyl groups is 1. The number of nitriles is 1. The molecule has 0 fully saturated rings. The van der Waals surface area contributed by atoms with E-state index >= 15 is 0 Å². The first-order valence-corrected chi connectivity index (χ1v) is 43.2. The van der Waals surface area contributed by atoms with Crippen LogP contribution in [-0.4, -0.2) is 199 Å². The van der Waals surface area contributed by atoms with E-state index in [-0.39, 0.29) is 86.1 Å². The van der Waals surface area contributed by atoms with Crippen molar-refractivity contribution in [3.05, 3.63) is 226 Å². The zero-order valence-electron chi connectivity index (χ0n) is 66.4. The summed E-state index contributed by atoms with van der Waals surface area (Å²) < 4.78 is 6.36. The molecule has 0 spiro atoms. The van der Waals surface area contributed by atoms with Gasteiger partial charge in [0.1, 0.15) is 39.7 Å². The molecule has 1 amide bonds. The lowest BCUT2D eigenvalue weighted by molar-refractivity contribution is -0.825. The second kappa shape index (κ2) is 50.1. The fourth-order valence-corrected chi connectivity index (χ4v) is 14.2. The number of halogens is 2. The molecule has 13 rings (SSSR count). The average Bonchev–Trinajstić information content (AvgIpc) is 1.80. The van der Waals surface area contributed by atoms with Gasteiger partial charge in [-0.1, -0.05) is 152 Å². The van der Waals surface area contributed by atoms with Crippen LogP contribution in [0.2, 0.25) is 0 Å². The van der Waals surface area contributed by atoms with Crippen LogP contribution in [0.1, 0.15) is 68.1 Å². The van der Waals surface area contributed by atoms with Crippen LogP contribution < -0.4 is 15.5 Å². The molecule has 40 nitrogen and oxygen atoms in total. The summed E-state index contributed by atoms with van der Waals surface area (Å²) in [6, 6.07) is 44.1. The van der Waals surface area contributed by atoms with E-state index in [2.05, 4.69) is 136 Å². The van der Waals surface area contributed by atoms with E-state index in [1.54, 1.807) is 78.9 Å². The van der Waals surface area contributed by atoms with Gasteiger partial charge in [-0.3, -0.25) is 84.6 Å². The Kier molecular flexibility index (Phi) is 39.8. The topological polar surface area (TPSA) is 618 Å². The van der Waals surface area contributed by atoms with E-state index in [1.165, 1.54) is 149 Å². The highest BCUT2D eigenvalue weighted by Crippen LogP contribution is 2.35. The number of ether oxygens (including phenoxy) is 1. The summed E-state index contributed by atoms with van der Waals surface area (Å²) >= 11 is 14.1. The van der Waals surface area contributed by atoms with Crippen molar-refractivity contribution in [2.75, 3.05) is 41.6 Å². The first-order chi connectivity index (χ1) is 59.3. The number of carbonyl (C=O) groups is 6. The van der Waals surface area contributed by atoms with E-state index < -0.39 is 14.8 Å². The number of nitrogens with one attached hydrogen (secondary N) is 6. The van der Waals surface area contributed by atoms with Crippen molar-refractivity contribution < 1.29 is 74.7 Å². The minimum Gasteiger partial charge on any atom is -0.512 e. The Morgan fingerprint density at radius 2 is 1.01 bits per heavy atom. The van der Waals surface area contributed by atoms with Gasteiger partial charge < -0.3 is 25.7 Å². The number of phenolic OH excluding ortho intramolecular Hbond substituents is 1. The molecule has 6 heterocycles. The molecular formula is C77H74Br2N23O17S6+. The van der Waals surface area contributed by atoms with Crippen molar-refractivity contribution in [3.8, 4) is 74.5 Å². The van der Waals surface area contributed by atoms with Crippen LogP contribution in [0, 0.1) is 41.7 Å². The summed E-state index contributed by atoms with van der Waals surface area (Å²) in [5.41, 5.74) is 7.71. The number of aromatic amines is 5. The van der Waals surface area contributed by atoms with E-state index in [0.717, 1.165) is 31.7 Å². The molecule has 1 aliphatic rings. The Balaban J connectivity index is 0.000000207. The van der Waals surface area contributed by atoms with E-state index in [1.807, 2.05) is 36.4 Å². The van der Waals surface area contributed by atoms with Gasteiger partial charge in [-0.2, -0.15) is 15.8 Å². The molecule has 0 saturated carbocycles. The second-order valence-electron chi connectivity index (χ2n) is 25.3. The van der Waals surface area contributed by atoms with Gasteiger partial charge in [0.25, 0.3) is 17.3 Å². The number of nitro benzene ring substituents is 3. The van der Waals surface area contributed by atoms with Crippen molar-refractivity contribution in [1.29, 1.82) is 5.26 Å². The van der Waals surface area contributed by atoms with Crippen LogP contribution in [0.3, 0.4) is 0 Å². The number of nitrogens with zero attached hydrogens (tertiary/aromatic N) is 16. The lowest BCUT2D eigenvalue weighted by Gasteiger charge is -2.08. The zero-order chi connectivity index (χ0) is 89.9. The van der Waals surface area contributed by atoms with Gasteiger partial charge in [0.15, 0.2) is 40.6 Å². The predicted octanol–water partition coefficient (Wildman–Crippen LogP) is 13.3. The quantitative estimate of drug-likeness (QED) is 0.00634. The Hall–Kier alpha value is -12.8. The normalized spacial score (nSPS) is 10.9. The lowest BCUT2D eigenvalue weighted by Crippen LogP contribution is -2.73. The molecule has 648 valence electrons. The number of carbonyl (C=O) groups excluding carboxylic acids is 6. The number of aromatic nitrogens is 15. The maximum atomic E-state index is 12.6. The summed E-state index contributed by atoms with van der Waals surface area (Å²) in [5.74, 6) is 4.60. The summed E-state index contributed by atoms with van der Waals surface area (Å²) in [6.45, 7) is 11.4. The number of benzene rings is 7. The molecule has 0 aliphatic carbocycles. The molecule has 1 aliphatic heterocycles. The zero-order valence-corrected chi connectivity index (χ0v) is 74.5. The van der Waals surface area contributed by atoms with Crippen molar-refractivity contribution in [2.24, 2.45) is 10.2 Å². The van der Waals surface area contributed by atoms with E-state index in [9.17, 15) is 74.5 Å². The number of thioether (sulfide) groups is 6. The Morgan fingerprint density at radius 3 is 1.49 bits per heavy atom. The van der Waals surface area contributed by atoms with Crippen molar-refractivity contribution >= 4 is 171 Å². The fraction of sp³-hybridized carbons (Fsp3) is 0.182. The number of H-pyrrole nitrogens is 5. The number of methoxy groups -OCH3 is 1.